The van der Waals surface area contributed by atoms with E-state index in [2.05, 4.69) is 11.8 Å². The Kier molecular flexibility index (Phi) is 3.09. The molecule has 0 aliphatic heterocycles. The molecule has 0 heterocycles. The molecule has 1 rings (SSSR count). The first-order chi connectivity index (χ1) is 7.07. The van der Waals surface area contributed by atoms with Gasteiger partial charge in [-0.15, -0.1) is 5.92 Å². The first kappa shape index (κ1) is 10.8. The molecule has 1 aromatic rings. The van der Waals surface area contributed by atoms with Crippen molar-refractivity contribution in [2.24, 2.45) is 0 Å². The minimum Gasteiger partial charge on any atom is -0.478 e. The third-order valence-corrected chi connectivity index (χ3v) is 1.77. The summed E-state index contributed by atoms with van der Waals surface area (Å²) in [5.74, 6) is 2.54. The molecule has 15 heavy (non-hydrogen) atoms. The summed E-state index contributed by atoms with van der Waals surface area (Å²) in [5, 5.41) is 17.7. The lowest BCUT2D eigenvalue weighted by atomic mass is 10.0. The predicted octanol–water partition coefficient (Wildman–Crippen LogP) is 1.45. The van der Waals surface area contributed by atoms with Crippen LogP contribution >= 0.6 is 0 Å². The Morgan fingerprint density at radius 2 is 1.87 bits per heavy atom. The van der Waals surface area contributed by atoms with Crippen LogP contribution in [0.1, 0.15) is 33.2 Å². The summed E-state index contributed by atoms with van der Waals surface area (Å²) in [4.78, 5) is 21.7. The van der Waals surface area contributed by atoms with Gasteiger partial charge in [-0.25, -0.2) is 9.59 Å². The van der Waals surface area contributed by atoms with Gasteiger partial charge in [-0.3, -0.25) is 0 Å². The van der Waals surface area contributed by atoms with E-state index in [1.165, 1.54) is 18.2 Å². The Hall–Kier alpha value is -2.28. The van der Waals surface area contributed by atoms with Crippen LogP contribution in [0.25, 0.3) is 0 Å². The molecule has 0 saturated heterocycles. The van der Waals surface area contributed by atoms with Crippen molar-refractivity contribution in [3.63, 3.8) is 0 Å². The lowest BCUT2D eigenvalue weighted by molar-refractivity contribution is 0.0651. The Balaban J connectivity index is 3.53. The smallest absolute Gasteiger partial charge is 0.337 e. The number of hydrogen-bond donors (Lipinski definition) is 2. The second-order valence-electron chi connectivity index (χ2n) is 2.71. The predicted molar refractivity (Wildman–Crippen MR) is 52.9 cm³/mol. The summed E-state index contributed by atoms with van der Waals surface area (Å²) in [6.07, 6.45) is 0. The lowest BCUT2D eigenvalue weighted by Gasteiger charge is -2.03. The molecule has 0 bridgehead atoms. The summed E-state index contributed by atoms with van der Waals surface area (Å²) >= 11 is 0. The fourth-order valence-corrected chi connectivity index (χ4v) is 1.20. The van der Waals surface area contributed by atoms with Gasteiger partial charge in [0.1, 0.15) is 0 Å². The number of carbonyl (C=O) groups is 2. The van der Waals surface area contributed by atoms with Crippen LogP contribution in [0, 0.1) is 11.8 Å². The van der Waals surface area contributed by atoms with Crippen LogP contribution in [0.15, 0.2) is 18.2 Å². The van der Waals surface area contributed by atoms with Crippen molar-refractivity contribution in [2.45, 2.75) is 6.92 Å². The Morgan fingerprint density at radius 1 is 1.20 bits per heavy atom. The zero-order valence-electron chi connectivity index (χ0n) is 7.94. The van der Waals surface area contributed by atoms with Gasteiger partial charge in [-0.2, -0.15) is 0 Å². The zero-order valence-corrected chi connectivity index (χ0v) is 7.94. The summed E-state index contributed by atoms with van der Waals surface area (Å²) in [7, 11) is 0. The van der Waals surface area contributed by atoms with Crippen molar-refractivity contribution in [3.05, 3.63) is 34.9 Å². The number of aromatic carboxylic acids is 2. The standard InChI is InChI=1S/C11H8O4/c1-2-4-7-5-3-6-8(10(12)13)9(7)11(14)15/h3,5-6H,1H3,(H,12,13)(H,14,15). The molecule has 1 aromatic carbocycles. The molecule has 0 spiro atoms. The van der Waals surface area contributed by atoms with Crippen molar-refractivity contribution in [2.75, 3.05) is 0 Å². The Morgan fingerprint density at radius 3 is 2.33 bits per heavy atom. The molecule has 0 unspecified atom stereocenters. The third-order valence-electron chi connectivity index (χ3n) is 1.77. The molecule has 76 valence electrons. The maximum Gasteiger partial charge on any atom is 0.337 e. The van der Waals surface area contributed by atoms with Gasteiger partial charge in [-0.05, 0) is 19.1 Å². The van der Waals surface area contributed by atoms with E-state index in [1.807, 2.05) is 0 Å². The number of rotatable bonds is 2. The quantitative estimate of drug-likeness (QED) is 0.715. The van der Waals surface area contributed by atoms with E-state index in [-0.39, 0.29) is 16.7 Å². The number of benzene rings is 1. The Bertz CT molecular complexity index is 477. The first-order valence-corrected chi connectivity index (χ1v) is 4.10. The average Bonchev–Trinajstić information content (AvgIpc) is 2.17. The van der Waals surface area contributed by atoms with Crippen LogP contribution in [-0.4, -0.2) is 22.2 Å². The fourth-order valence-electron chi connectivity index (χ4n) is 1.20. The highest BCUT2D eigenvalue weighted by molar-refractivity contribution is 6.03. The molecule has 4 nitrogen and oxygen atoms in total. The molecule has 0 fully saturated rings. The van der Waals surface area contributed by atoms with E-state index in [1.54, 1.807) is 6.92 Å². The minimum atomic E-state index is -1.29. The van der Waals surface area contributed by atoms with Gasteiger partial charge >= 0.3 is 11.9 Å². The van der Waals surface area contributed by atoms with Crippen LogP contribution in [-0.2, 0) is 0 Å². The molecule has 0 amide bonds. The van der Waals surface area contributed by atoms with Crippen LogP contribution in [0.4, 0.5) is 0 Å². The van der Waals surface area contributed by atoms with E-state index in [0.717, 1.165) is 0 Å². The van der Waals surface area contributed by atoms with E-state index in [4.69, 9.17) is 10.2 Å². The minimum absolute atomic E-state index is 0.213. The fraction of sp³-hybridized carbons (Fsp3) is 0.0909. The van der Waals surface area contributed by atoms with Gasteiger partial charge in [0.25, 0.3) is 0 Å². The van der Waals surface area contributed by atoms with Crippen LogP contribution in [0.5, 0.6) is 0 Å². The average molecular weight is 204 g/mol. The van der Waals surface area contributed by atoms with Gasteiger partial charge in [0.15, 0.2) is 0 Å². The second-order valence-corrected chi connectivity index (χ2v) is 2.71. The molecule has 0 radical (unpaired) electrons. The normalized spacial score (nSPS) is 8.87. The third kappa shape index (κ3) is 2.15. The highest BCUT2D eigenvalue weighted by Crippen LogP contribution is 2.14. The van der Waals surface area contributed by atoms with Crippen molar-refractivity contribution in [1.82, 2.24) is 0 Å². The zero-order chi connectivity index (χ0) is 11.4. The van der Waals surface area contributed by atoms with E-state index >= 15 is 0 Å². The summed E-state index contributed by atoms with van der Waals surface area (Å²) in [5.41, 5.74) is -0.299. The van der Waals surface area contributed by atoms with Crippen LogP contribution < -0.4 is 0 Å². The van der Waals surface area contributed by atoms with Gasteiger partial charge in [0.05, 0.1) is 11.1 Å². The van der Waals surface area contributed by atoms with Crippen LogP contribution in [0.2, 0.25) is 0 Å². The molecule has 0 aliphatic rings. The summed E-state index contributed by atoms with van der Waals surface area (Å²) in [6, 6.07) is 4.19. The lowest BCUT2D eigenvalue weighted by Crippen LogP contribution is -2.10. The first-order valence-electron chi connectivity index (χ1n) is 4.10. The molecular weight excluding hydrogens is 196 g/mol. The van der Waals surface area contributed by atoms with E-state index < -0.39 is 11.9 Å². The van der Waals surface area contributed by atoms with Crippen molar-refractivity contribution in [3.8, 4) is 11.8 Å². The molecular formula is C11H8O4. The van der Waals surface area contributed by atoms with Gasteiger partial charge in [-0.1, -0.05) is 12.0 Å². The summed E-state index contributed by atoms with van der Waals surface area (Å²) < 4.78 is 0. The topological polar surface area (TPSA) is 74.6 Å². The van der Waals surface area contributed by atoms with Crippen molar-refractivity contribution < 1.29 is 19.8 Å². The van der Waals surface area contributed by atoms with Gasteiger partial charge in [0.2, 0.25) is 0 Å². The van der Waals surface area contributed by atoms with E-state index in [0.29, 0.717) is 0 Å². The maximum absolute atomic E-state index is 10.9. The number of carboxylic acids is 2. The highest BCUT2D eigenvalue weighted by atomic mass is 16.4. The second kappa shape index (κ2) is 4.29. The molecule has 0 saturated carbocycles. The largest absolute Gasteiger partial charge is 0.478 e. The molecule has 0 aromatic heterocycles. The van der Waals surface area contributed by atoms with E-state index in [9.17, 15) is 9.59 Å². The molecule has 0 atom stereocenters. The van der Waals surface area contributed by atoms with Gasteiger partial charge in [0, 0.05) is 5.56 Å². The molecule has 4 heteroatoms. The monoisotopic (exact) mass is 204 g/mol. The highest BCUT2D eigenvalue weighted by Gasteiger charge is 2.18. The maximum atomic E-state index is 10.9. The van der Waals surface area contributed by atoms with Crippen molar-refractivity contribution in [1.29, 1.82) is 0 Å². The van der Waals surface area contributed by atoms with Gasteiger partial charge < -0.3 is 10.2 Å². The number of hydrogen-bond acceptors (Lipinski definition) is 2. The Labute approximate surface area is 86.2 Å². The molecule has 2 N–H and O–H groups in total. The van der Waals surface area contributed by atoms with Crippen LogP contribution in [0.3, 0.4) is 0 Å². The molecule has 0 aliphatic carbocycles. The summed E-state index contributed by atoms with van der Waals surface area (Å²) in [6.45, 7) is 1.55. The number of carboxylic acid groups (broad SMARTS) is 2. The SMILES string of the molecule is CC#Cc1cccc(C(=O)O)c1C(=O)O. The van der Waals surface area contributed by atoms with Crippen molar-refractivity contribution >= 4 is 11.9 Å².